The van der Waals surface area contributed by atoms with E-state index in [-0.39, 0.29) is 12.3 Å². The van der Waals surface area contributed by atoms with Gasteiger partial charge in [-0.1, -0.05) is 48.5 Å². The quantitative estimate of drug-likeness (QED) is 0.463. The van der Waals surface area contributed by atoms with Crippen LogP contribution in [0.4, 0.5) is 5.69 Å². The number of hydrogen-bond donors (Lipinski definition) is 1. The summed E-state index contributed by atoms with van der Waals surface area (Å²) in [5.74, 6) is 0.871. The van der Waals surface area contributed by atoms with E-state index in [0.29, 0.717) is 6.61 Å². The minimum absolute atomic E-state index is 0.0706. The molecule has 140 valence electrons. The second-order valence-electron chi connectivity index (χ2n) is 6.75. The zero-order valence-electron chi connectivity index (χ0n) is 15.8. The van der Waals surface area contributed by atoms with Gasteiger partial charge in [0.05, 0.1) is 6.54 Å². The van der Waals surface area contributed by atoms with Gasteiger partial charge in [-0.25, -0.2) is 0 Å². The zero-order valence-corrected chi connectivity index (χ0v) is 15.8. The fraction of sp³-hybridized carbons (Fsp3) is 0.125. The number of benzene rings is 3. The van der Waals surface area contributed by atoms with E-state index >= 15 is 0 Å². The van der Waals surface area contributed by atoms with Crippen LogP contribution in [-0.2, 0) is 13.7 Å². The molecule has 0 aliphatic carbocycles. The lowest BCUT2D eigenvalue weighted by atomic mass is 10.1. The Morgan fingerprint density at radius 2 is 1.64 bits per heavy atom. The van der Waals surface area contributed by atoms with E-state index in [0.717, 1.165) is 33.5 Å². The molecule has 1 heterocycles. The third-order valence-electron chi connectivity index (χ3n) is 4.75. The molecule has 1 aromatic heterocycles. The van der Waals surface area contributed by atoms with Crippen LogP contribution in [0.5, 0.6) is 5.75 Å². The molecular weight excluding hydrogens is 348 g/mol. The van der Waals surface area contributed by atoms with E-state index in [1.165, 1.54) is 0 Å². The summed E-state index contributed by atoms with van der Waals surface area (Å²) in [6, 6.07) is 25.7. The van der Waals surface area contributed by atoms with Crippen LogP contribution in [0.15, 0.2) is 85.1 Å². The number of ether oxygens (including phenoxy) is 1. The van der Waals surface area contributed by atoms with E-state index in [2.05, 4.69) is 5.32 Å². The van der Waals surface area contributed by atoms with E-state index in [1.54, 1.807) is 0 Å². The molecule has 0 aliphatic heterocycles. The summed E-state index contributed by atoms with van der Waals surface area (Å²) in [5.41, 5.74) is 3.82. The number of nitrogens with one attached hydrogen (secondary N) is 1. The molecule has 4 rings (SSSR count). The van der Waals surface area contributed by atoms with Gasteiger partial charge in [0.1, 0.15) is 12.4 Å². The van der Waals surface area contributed by atoms with Gasteiger partial charge in [-0.05, 0) is 35.9 Å². The third kappa shape index (κ3) is 3.91. The molecular formula is C24H22N2O2. The normalized spacial score (nSPS) is 10.8. The number of carbonyl (C=O) groups is 1. The Hall–Kier alpha value is -3.53. The number of Topliss-reactive ketones (excluding diaryl/α,β-unsaturated/α-hetero) is 1. The summed E-state index contributed by atoms with van der Waals surface area (Å²) in [6.45, 7) is 0.783. The largest absolute Gasteiger partial charge is 0.489 e. The van der Waals surface area contributed by atoms with Crippen LogP contribution in [-0.4, -0.2) is 16.9 Å². The van der Waals surface area contributed by atoms with Gasteiger partial charge in [-0.15, -0.1) is 0 Å². The summed E-state index contributed by atoms with van der Waals surface area (Å²) >= 11 is 0. The number of ketones is 1. The van der Waals surface area contributed by atoms with Gasteiger partial charge in [0.25, 0.3) is 0 Å². The Kier molecular flexibility index (Phi) is 5.11. The first kappa shape index (κ1) is 17.9. The van der Waals surface area contributed by atoms with Crippen LogP contribution in [0.2, 0.25) is 0 Å². The van der Waals surface area contributed by atoms with Crippen molar-refractivity contribution in [1.29, 1.82) is 0 Å². The lowest BCUT2D eigenvalue weighted by molar-refractivity contribution is 0.101. The molecule has 0 fully saturated rings. The predicted octanol–water partition coefficient (Wildman–Crippen LogP) is 5.05. The number of fused-ring (bicyclic) bond motifs is 1. The molecule has 28 heavy (non-hydrogen) atoms. The number of carbonyl (C=O) groups excluding carboxylic acids is 1. The molecule has 0 spiro atoms. The monoisotopic (exact) mass is 370 g/mol. The van der Waals surface area contributed by atoms with Gasteiger partial charge in [-0.3, -0.25) is 4.79 Å². The fourth-order valence-electron chi connectivity index (χ4n) is 3.25. The zero-order chi connectivity index (χ0) is 19.3. The summed E-state index contributed by atoms with van der Waals surface area (Å²) in [6.07, 6.45) is 1.90. The van der Waals surface area contributed by atoms with Crippen molar-refractivity contribution in [3.8, 4) is 5.75 Å². The highest BCUT2D eigenvalue weighted by Crippen LogP contribution is 2.21. The van der Waals surface area contributed by atoms with Gasteiger partial charge >= 0.3 is 0 Å². The summed E-state index contributed by atoms with van der Waals surface area (Å²) in [7, 11) is 1.96. The predicted molar refractivity (Wildman–Crippen MR) is 113 cm³/mol. The van der Waals surface area contributed by atoms with Gasteiger partial charge in [0.15, 0.2) is 5.78 Å². The molecule has 0 radical (unpaired) electrons. The number of aryl methyl sites for hydroxylation is 1. The van der Waals surface area contributed by atoms with Gasteiger partial charge in [0, 0.05) is 35.4 Å². The highest BCUT2D eigenvalue weighted by molar-refractivity contribution is 6.09. The Morgan fingerprint density at radius 3 is 2.43 bits per heavy atom. The average Bonchev–Trinajstić information content (AvgIpc) is 3.09. The van der Waals surface area contributed by atoms with Crippen molar-refractivity contribution in [2.24, 2.45) is 7.05 Å². The number of rotatable bonds is 7. The van der Waals surface area contributed by atoms with Crippen LogP contribution in [0, 0.1) is 0 Å². The lowest BCUT2D eigenvalue weighted by Crippen LogP contribution is -2.13. The first-order valence-electron chi connectivity index (χ1n) is 9.28. The highest BCUT2D eigenvalue weighted by Gasteiger charge is 2.13. The Labute approximate surface area is 164 Å². The maximum absolute atomic E-state index is 12.7. The maximum atomic E-state index is 12.7. The fourth-order valence-corrected chi connectivity index (χ4v) is 3.25. The Morgan fingerprint density at radius 1 is 0.929 bits per heavy atom. The van der Waals surface area contributed by atoms with E-state index in [1.807, 2.05) is 96.7 Å². The number of para-hydroxylation sites is 1. The SMILES string of the molecule is Cn1cc(C(=O)CNc2ccc(OCc3ccccc3)cc2)c2ccccc21. The number of aromatic nitrogens is 1. The van der Waals surface area contributed by atoms with E-state index in [4.69, 9.17) is 4.74 Å². The molecule has 4 aromatic rings. The summed E-state index contributed by atoms with van der Waals surface area (Å²) in [4.78, 5) is 12.7. The molecule has 0 saturated carbocycles. The molecule has 0 amide bonds. The van der Waals surface area contributed by atoms with Crippen molar-refractivity contribution in [3.05, 3.63) is 96.2 Å². The minimum Gasteiger partial charge on any atom is -0.489 e. The Bertz CT molecular complexity index is 1080. The minimum atomic E-state index is 0.0706. The summed E-state index contributed by atoms with van der Waals surface area (Å²) in [5, 5.41) is 4.19. The van der Waals surface area contributed by atoms with Crippen molar-refractivity contribution < 1.29 is 9.53 Å². The van der Waals surface area contributed by atoms with Crippen molar-refractivity contribution in [3.63, 3.8) is 0 Å². The van der Waals surface area contributed by atoms with Crippen LogP contribution in [0.3, 0.4) is 0 Å². The third-order valence-corrected chi connectivity index (χ3v) is 4.75. The van der Waals surface area contributed by atoms with Gasteiger partial charge < -0.3 is 14.6 Å². The van der Waals surface area contributed by atoms with Crippen molar-refractivity contribution in [1.82, 2.24) is 4.57 Å². The van der Waals surface area contributed by atoms with Gasteiger partial charge in [-0.2, -0.15) is 0 Å². The molecule has 0 bridgehead atoms. The molecule has 4 nitrogen and oxygen atoms in total. The van der Waals surface area contributed by atoms with Gasteiger partial charge in [0.2, 0.25) is 0 Å². The number of hydrogen-bond acceptors (Lipinski definition) is 3. The molecule has 3 aromatic carbocycles. The standard InChI is InChI=1S/C24H22N2O2/c1-26-16-22(21-9-5-6-10-23(21)26)24(27)15-25-19-11-13-20(14-12-19)28-17-18-7-3-2-4-8-18/h2-14,16,25H,15,17H2,1H3. The van der Waals surface area contributed by atoms with E-state index in [9.17, 15) is 4.79 Å². The Balaban J connectivity index is 1.36. The number of anilines is 1. The first-order chi connectivity index (χ1) is 13.7. The molecule has 0 atom stereocenters. The molecule has 0 saturated heterocycles. The first-order valence-corrected chi connectivity index (χ1v) is 9.28. The molecule has 1 N–H and O–H groups in total. The second kappa shape index (κ2) is 8.01. The molecule has 0 unspecified atom stereocenters. The maximum Gasteiger partial charge on any atom is 0.184 e. The smallest absolute Gasteiger partial charge is 0.184 e. The van der Waals surface area contributed by atoms with Crippen LogP contribution in [0.1, 0.15) is 15.9 Å². The lowest BCUT2D eigenvalue weighted by Gasteiger charge is -2.09. The highest BCUT2D eigenvalue weighted by atomic mass is 16.5. The van der Waals surface area contributed by atoms with E-state index < -0.39 is 0 Å². The molecule has 4 heteroatoms. The second-order valence-corrected chi connectivity index (χ2v) is 6.75. The van der Waals surface area contributed by atoms with Crippen LogP contribution in [0.25, 0.3) is 10.9 Å². The number of nitrogens with zero attached hydrogens (tertiary/aromatic N) is 1. The van der Waals surface area contributed by atoms with Crippen molar-refractivity contribution in [2.45, 2.75) is 6.61 Å². The molecule has 0 aliphatic rings. The van der Waals surface area contributed by atoms with Crippen molar-refractivity contribution >= 4 is 22.4 Å². The van der Waals surface area contributed by atoms with Crippen LogP contribution < -0.4 is 10.1 Å². The van der Waals surface area contributed by atoms with Crippen LogP contribution >= 0.6 is 0 Å². The topological polar surface area (TPSA) is 43.3 Å². The average molecular weight is 370 g/mol. The summed E-state index contributed by atoms with van der Waals surface area (Å²) < 4.78 is 7.78. The van der Waals surface area contributed by atoms with Crippen molar-refractivity contribution in [2.75, 3.05) is 11.9 Å².